The summed E-state index contributed by atoms with van der Waals surface area (Å²) >= 11 is 0. The van der Waals surface area contributed by atoms with Gasteiger partial charge in [-0.3, -0.25) is 9.69 Å². The highest BCUT2D eigenvalue weighted by molar-refractivity contribution is 5.89. The van der Waals surface area contributed by atoms with E-state index in [2.05, 4.69) is 58.0 Å². The lowest BCUT2D eigenvalue weighted by atomic mass is 9.68. The third-order valence-electron chi connectivity index (χ3n) is 8.30. The van der Waals surface area contributed by atoms with Crippen molar-refractivity contribution in [1.82, 2.24) is 14.4 Å². The van der Waals surface area contributed by atoms with Crippen molar-refractivity contribution in [2.75, 3.05) is 19.6 Å². The van der Waals surface area contributed by atoms with E-state index in [-0.39, 0.29) is 0 Å². The molecule has 6 rings (SSSR count). The second kappa shape index (κ2) is 7.26. The van der Waals surface area contributed by atoms with Crippen molar-refractivity contribution in [3.63, 3.8) is 0 Å². The van der Waals surface area contributed by atoms with Crippen molar-refractivity contribution < 1.29 is 4.79 Å². The maximum atomic E-state index is 13.6. The first-order valence-electron chi connectivity index (χ1n) is 12.0. The van der Waals surface area contributed by atoms with Crippen molar-refractivity contribution in [3.05, 3.63) is 47.7 Å². The minimum Gasteiger partial charge on any atom is -0.350 e. The molecular formula is C26H33N3O. The van der Waals surface area contributed by atoms with E-state index >= 15 is 0 Å². The number of piperidine rings is 3. The van der Waals surface area contributed by atoms with Gasteiger partial charge in [-0.25, -0.2) is 0 Å². The Bertz CT molecular complexity index is 1000. The molecule has 4 nitrogen and oxygen atoms in total. The third kappa shape index (κ3) is 2.95. The number of aromatic nitrogens is 1. The number of hydrogen-bond acceptors (Lipinski definition) is 2. The van der Waals surface area contributed by atoms with Crippen LogP contribution in [0.5, 0.6) is 0 Å². The van der Waals surface area contributed by atoms with E-state index in [4.69, 9.17) is 0 Å². The van der Waals surface area contributed by atoms with E-state index in [1.807, 2.05) is 0 Å². The number of fused-ring (bicyclic) bond motifs is 7. The fourth-order valence-electron chi connectivity index (χ4n) is 7.08. The summed E-state index contributed by atoms with van der Waals surface area (Å²) in [4.78, 5) is 18.6. The molecule has 3 aliphatic heterocycles. The number of hydrogen-bond donors (Lipinski definition) is 0. The Morgan fingerprint density at radius 2 is 2.03 bits per heavy atom. The molecule has 4 atom stereocenters. The SMILES string of the molecule is Cn1cc(CC(=O)N2CCCC3=C[C@H]4C[C@@H](CN5CCCC[C@H]45)[C@@H]32)c2ccccc21. The van der Waals surface area contributed by atoms with Gasteiger partial charge >= 0.3 is 0 Å². The molecule has 1 amide bonds. The molecule has 3 saturated heterocycles. The molecule has 2 aromatic rings. The zero-order valence-electron chi connectivity index (χ0n) is 18.1. The predicted molar refractivity (Wildman–Crippen MR) is 120 cm³/mol. The lowest BCUT2D eigenvalue weighted by Crippen LogP contribution is -2.60. The maximum absolute atomic E-state index is 13.6. The van der Waals surface area contributed by atoms with E-state index in [0.717, 1.165) is 24.9 Å². The van der Waals surface area contributed by atoms with Gasteiger partial charge in [0.05, 0.1) is 12.5 Å². The number of amides is 1. The van der Waals surface area contributed by atoms with Crippen molar-refractivity contribution >= 4 is 16.8 Å². The quantitative estimate of drug-likeness (QED) is 0.705. The summed E-state index contributed by atoms with van der Waals surface area (Å²) in [7, 11) is 2.08. The summed E-state index contributed by atoms with van der Waals surface area (Å²) in [6.07, 6.45) is 13.0. The van der Waals surface area contributed by atoms with Crippen molar-refractivity contribution in [2.45, 2.75) is 57.0 Å². The number of nitrogens with zero attached hydrogens (tertiary/aromatic N) is 3. The third-order valence-corrected chi connectivity index (χ3v) is 8.30. The molecule has 30 heavy (non-hydrogen) atoms. The van der Waals surface area contributed by atoms with Crippen LogP contribution in [0.15, 0.2) is 42.1 Å². The van der Waals surface area contributed by atoms with Crippen LogP contribution in [-0.2, 0) is 18.3 Å². The maximum Gasteiger partial charge on any atom is 0.227 e. The monoisotopic (exact) mass is 403 g/mol. The van der Waals surface area contributed by atoms with Gasteiger partial charge in [0.25, 0.3) is 0 Å². The van der Waals surface area contributed by atoms with Gasteiger partial charge in [-0.15, -0.1) is 0 Å². The zero-order valence-corrected chi connectivity index (χ0v) is 18.1. The fraction of sp³-hybridized carbons (Fsp3) is 0.577. The average molecular weight is 404 g/mol. The van der Waals surface area contributed by atoms with Crippen LogP contribution in [0.4, 0.5) is 0 Å². The number of carbonyl (C=O) groups excluding carboxylic acids is 1. The molecule has 4 heterocycles. The molecule has 0 unspecified atom stereocenters. The largest absolute Gasteiger partial charge is 0.350 e. The first-order chi connectivity index (χ1) is 14.7. The number of likely N-dealkylation sites (tertiary alicyclic amines) is 1. The number of benzene rings is 1. The van der Waals surface area contributed by atoms with Gasteiger partial charge in [-0.1, -0.05) is 36.3 Å². The highest BCUT2D eigenvalue weighted by Gasteiger charge is 2.46. The van der Waals surface area contributed by atoms with Gasteiger partial charge in [-0.2, -0.15) is 0 Å². The van der Waals surface area contributed by atoms with E-state index in [9.17, 15) is 4.79 Å². The Balaban J connectivity index is 1.28. The van der Waals surface area contributed by atoms with Gasteiger partial charge in [0.2, 0.25) is 5.91 Å². The van der Waals surface area contributed by atoms with Gasteiger partial charge in [0.1, 0.15) is 0 Å². The highest BCUT2D eigenvalue weighted by atomic mass is 16.2. The molecule has 1 aliphatic carbocycles. The standard InChI is InChI=1S/C26H33N3O/c1-27-16-20(22-8-2-3-10-24(22)27)15-25(30)29-12-6-7-18-13-19-14-21(26(18)29)17-28-11-5-4-9-23(19)28/h2-3,8,10,13,16,19,21,23,26H,4-7,9,11-12,14-15,17H2,1H3/t19-,21-,23+,26+/m0/s1. The van der Waals surface area contributed by atoms with Gasteiger partial charge < -0.3 is 9.47 Å². The summed E-state index contributed by atoms with van der Waals surface area (Å²) in [6.45, 7) is 3.38. The minimum absolute atomic E-state index is 0.321. The molecule has 3 fully saturated rings. The van der Waals surface area contributed by atoms with Crippen LogP contribution in [0.25, 0.3) is 10.9 Å². The minimum atomic E-state index is 0.321. The second-order valence-corrected chi connectivity index (χ2v) is 10.1. The molecule has 4 heteroatoms. The van der Waals surface area contributed by atoms with Crippen LogP contribution in [-0.4, -0.2) is 52.0 Å². The van der Waals surface area contributed by atoms with Crippen LogP contribution in [0.1, 0.15) is 44.1 Å². The molecule has 0 radical (unpaired) electrons. The Labute approximate surface area is 179 Å². The van der Waals surface area contributed by atoms with Gasteiger partial charge in [-0.05, 0) is 62.1 Å². The van der Waals surface area contributed by atoms with Crippen LogP contribution < -0.4 is 0 Å². The lowest BCUT2D eigenvalue weighted by Gasteiger charge is -2.54. The summed E-state index contributed by atoms with van der Waals surface area (Å²) < 4.78 is 2.16. The van der Waals surface area contributed by atoms with Crippen LogP contribution >= 0.6 is 0 Å². The van der Waals surface area contributed by atoms with E-state index < -0.39 is 0 Å². The summed E-state index contributed by atoms with van der Waals surface area (Å²) in [5, 5.41) is 1.22. The Morgan fingerprint density at radius 3 is 2.97 bits per heavy atom. The van der Waals surface area contributed by atoms with Crippen molar-refractivity contribution in [2.24, 2.45) is 18.9 Å². The Morgan fingerprint density at radius 1 is 1.13 bits per heavy atom. The smallest absolute Gasteiger partial charge is 0.227 e. The zero-order chi connectivity index (χ0) is 20.2. The first kappa shape index (κ1) is 18.7. The van der Waals surface area contributed by atoms with E-state index in [0.29, 0.717) is 24.3 Å². The molecule has 0 N–H and O–H groups in total. The summed E-state index contributed by atoms with van der Waals surface area (Å²) in [6, 6.07) is 9.57. The lowest BCUT2D eigenvalue weighted by molar-refractivity contribution is -0.135. The molecule has 158 valence electrons. The number of para-hydroxylation sites is 1. The average Bonchev–Trinajstić information content (AvgIpc) is 3.09. The molecule has 4 aliphatic rings. The number of rotatable bonds is 2. The fourth-order valence-corrected chi connectivity index (χ4v) is 7.08. The Hall–Kier alpha value is -2.07. The molecule has 0 saturated carbocycles. The van der Waals surface area contributed by atoms with Crippen LogP contribution in [0.2, 0.25) is 0 Å². The molecule has 1 aromatic carbocycles. The molecule has 2 bridgehead atoms. The Kier molecular flexibility index (Phi) is 4.52. The van der Waals surface area contributed by atoms with Crippen LogP contribution in [0, 0.1) is 11.8 Å². The van der Waals surface area contributed by atoms with Gasteiger partial charge in [0, 0.05) is 43.3 Å². The normalized spacial score (nSPS) is 31.2. The second-order valence-electron chi connectivity index (χ2n) is 10.1. The number of carbonyl (C=O) groups is 1. The van der Waals surface area contributed by atoms with Crippen LogP contribution in [0.3, 0.4) is 0 Å². The van der Waals surface area contributed by atoms with Crippen molar-refractivity contribution in [1.29, 1.82) is 0 Å². The first-order valence-corrected chi connectivity index (χ1v) is 12.0. The van der Waals surface area contributed by atoms with Gasteiger partial charge in [0.15, 0.2) is 0 Å². The topological polar surface area (TPSA) is 28.5 Å². The highest BCUT2D eigenvalue weighted by Crippen LogP contribution is 2.45. The molecule has 1 aromatic heterocycles. The molecular weight excluding hydrogens is 370 g/mol. The van der Waals surface area contributed by atoms with E-state index in [1.165, 1.54) is 61.7 Å². The predicted octanol–water partition coefficient (Wildman–Crippen LogP) is 4.14. The summed E-state index contributed by atoms with van der Waals surface area (Å²) in [5.41, 5.74) is 3.96. The summed E-state index contributed by atoms with van der Waals surface area (Å²) in [5.74, 6) is 1.67. The number of aryl methyl sites for hydroxylation is 1. The van der Waals surface area contributed by atoms with Crippen molar-refractivity contribution in [3.8, 4) is 0 Å². The van der Waals surface area contributed by atoms with E-state index in [1.54, 1.807) is 5.57 Å². The molecule has 0 spiro atoms.